The van der Waals surface area contributed by atoms with Gasteiger partial charge in [-0.15, -0.1) is 0 Å². The predicted molar refractivity (Wildman–Crippen MR) is 73.9 cm³/mol. The minimum absolute atomic E-state index is 0.177. The van der Waals surface area contributed by atoms with Crippen molar-refractivity contribution in [1.82, 2.24) is 9.78 Å². The fourth-order valence-electron chi connectivity index (χ4n) is 2.92. The highest BCUT2D eigenvalue weighted by atomic mass is 35.5. The summed E-state index contributed by atoms with van der Waals surface area (Å²) in [5.41, 5.74) is 2.00. The summed E-state index contributed by atoms with van der Waals surface area (Å²) in [4.78, 5) is 0. The van der Waals surface area contributed by atoms with Gasteiger partial charge in [-0.25, -0.2) is 0 Å². The molecule has 3 nitrogen and oxygen atoms in total. The molecule has 1 heterocycles. The molecular weight excluding hydrogens is 248 g/mol. The SMILES string of the molecule is CCn1nc(C)c(Cl)c1CC1CCCCCC1O. The molecule has 1 fully saturated rings. The first-order valence-corrected chi connectivity index (χ1v) is 7.41. The standard InChI is InChI=1S/C14H23ClN2O/c1-3-17-12(14(15)10(2)16-17)9-11-7-5-4-6-8-13(11)18/h11,13,18H,3-9H2,1-2H3. The molecule has 2 rings (SSSR count). The molecule has 0 radical (unpaired) electrons. The van der Waals surface area contributed by atoms with Gasteiger partial charge >= 0.3 is 0 Å². The lowest BCUT2D eigenvalue weighted by molar-refractivity contribution is 0.0995. The van der Waals surface area contributed by atoms with E-state index in [2.05, 4.69) is 12.0 Å². The van der Waals surface area contributed by atoms with Crippen LogP contribution in [0.5, 0.6) is 0 Å². The van der Waals surface area contributed by atoms with Gasteiger partial charge in [-0.05, 0) is 39.0 Å². The molecule has 1 N–H and O–H groups in total. The van der Waals surface area contributed by atoms with E-state index in [9.17, 15) is 5.11 Å². The largest absolute Gasteiger partial charge is 0.393 e. The van der Waals surface area contributed by atoms with Crippen LogP contribution in [0.25, 0.3) is 0 Å². The van der Waals surface area contributed by atoms with Crippen LogP contribution in [0.2, 0.25) is 5.02 Å². The van der Waals surface area contributed by atoms with Crippen molar-refractivity contribution in [1.29, 1.82) is 0 Å². The number of rotatable bonds is 3. The first kappa shape index (κ1) is 13.9. The molecule has 0 amide bonds. The third-order valence-electron chi connectivity index (χ3n) is 4.03. The van der Waals surface area contributed by atoms with Crippen molar-refractivity contribution in [2.75, 3.05) is 0 Å². The summed E-state index contributed by atoms with van der Waals surface area (Å²) in [6, 6.07) is 0. The third-order valence-corrected chi connectivity index (χ3v) is 4.52. The molecule has 0 aromatic carbocycles. The zero-order valence-electron chi connectivity index (χ0n) is 11.3. The topological polar surface area (TPSA) is 38.0 Å². The van der Waals surface area contributed by atoms with E-state index >= 15 is 0 Å². The van der Waals surface area contributed by atoms with Gasteiger partial charge in [0.25, 0.3) is 0 Å². The molecule has 0 aliphatic heterocycles. The average Bonchev–Trinajstić information content (AvgIpc) is 2.53. The second kappa shape index (κ2) is 6.07. The minimum atomic E-state index is -0.177. The summed E-state index contributed by atoms with van der Waals surface area (Å²) >= 11 is 6.34. The number of aryl methyl sites for hydroxylation is 2. The quantitative estimate of drug-likeness (QED) is 0.856. The number of aliphatic hydroxyl groups excluding tert-OH is 1. The van der Waals surface area contributed by atoms with E-state index in [0.717, 1.165) is 48.6 Å². The Morgan fingerprint density at radius 3 is 2.78 bits per heavy atom. The Balaban J connectivity index is 2.16. The zero-order valence-corrected chi connectivity index (χ0v) is 12.1. The van der Waals surface area contributed by atoms with E-state index < -0.39 is 0 Å². The van der Waals surface area contributed by atoms with Crippen LogP contribution in [0.1, 0.15) is 50.4 Å². The van der Waals surface area contributed by atoms with Crippen LogP contribution >= 0.6 is 11.6 Å². The van der Waals surface area contributed by atoms with E-state index in [4.69, 9.17) is 11.6 Å². The number of aromatic nitrogens is 2. The Hall–Kier alpha value is -0.540. The Bertz CT molecular complexity index is 403. The van der Waals surface area contributed by atoms with Crippen molar-refractivity contribution >= 4 is 11.6 Å². The Morgan fingerprint density at radius 1 is 1.33 bits per heavy atom. The Morgan fingerprint density at radius 2 is 2.06 bits per heavy atom. The lowest BCUT2D eigenvalue weighted by Gasteiger charge is -2.20. The zero-order chi connectivity index (χ0) is 13.1. The van der Waals surface area contributed by atoms with Gasteiger partial charge in [0.2, 0.25) is 0 Å². The number of aliphatic hydroxyl groups is 1. The average molecular weight is 271 g/mol. The van der Waals surface area contributed by atoms with Gasteiger partial charge in [0, 0.05) is 6.54 Å². The smallest absolute Gasteiger partial charge is 0.0847 e. The molecule has 1 aliphatic rings. The van der Waals surface area contributed by atoms with Crippen molar-refractivity contribution in [3.63, 3.8) is 0 Å². The predicted octanol–water partition coefficient (Wildman–Crippen LogP) is 3.35. The molecule has 2 atom stereocenters. The van der Waals surface area contributed by atoms with Gasteiger partial charge in [0.05, 0.1) is 22.5 Å². The molecular formula is C14H23ClN2O. The van der Waals surface area contributed by atoms with Crippen molar-refractivity contribution in [3.05, 3.63) is 16.4 Å². The Kier molecular flexibility index (Phi) is 4.68. The van der Waals surface area contributed by atoms with Gasteiger partial charge in [0.1, 0.15) is 0 Å². The summed E-state index contributed by atoms with van der Waals surface area (Å²) < 4.78 is 1.98. The highest BCUT2D eigenvalue weighted by Crippen LogP contribution is 2.30. The van der Waals surface area contributed by atoms with Crippen molar-refractivity contribution in [3.8, 4) is 0 Å². The van der Waals surface area contributed by atoms with Gasteiger partial charge in [-0.1, -0.05) is 30.9 Å². The highest BCUT2D eigenvalue weighted by Gasteiger charge is 2.25. The molecule has 1 aliphatic carbocycles. The first-order chi connectivity index (χ1) is 8.63. The monoisotopic (exact) mass is 270 g/mol. The van der Waals surface area contributed by atoms with E-state index in [0.29, 0.717) is 5.92 Å². The van der Waals surface area contributed by atoms with Gasteiger partial charge in [-0.3, -0.25) is 4.68 Å². The summed E-state index contributed by atoms with van der Waals surface area (Å²) in [5, 5.41) is 15.4. The molecule has 0 spiro atoms. The van der Waals surface area contributed by atoms with Gasteiger partial charge in [0.15, 0.2) is 0 Å². The van der Waals surface area contributed by atoms with E-state index in [-0.39, 0.29) is 6.10 Å². The van der Waals surface area contributed by atoms with E-state index in [1.54, 1.807) is 0 Å². The number of halogens is 1. The number of nitrogens with zero attached hydrogens (tertiary/aromatic N) is 2. The summed E-state index contributed by atoms with van der Waals surface area (Å²) in [6.07, 6.45) is 6.33. The lowest BCUT2D eigenvalue weighted by atomic mass is 9.92. The maximum atomic E-state index is 10.2. The molecule has 102 valence electrons. The van der Waals surface area contributed by atoms with Gasteiger partial charge < -0.3 is 5.11 Å². The number of hydrogen-bond donors (Lipinski definition) is 1. The Labute approximate surface area is 114 Å². The van der Waals surface area contributed by atoms with Crippen LogP contribution in [0.3, 0.4) is 0 Å². The lowest BCUT2D eigenvalue weighted by Crippen LogP contribution is -2.22. The summed E-state index contributed by atoms with van der Waals surface area (Å²) in [7, 11) is 0. The van der Waals surface area contributed by atoms with Crippen LogP contribution in [-0.2, 0) is 13.0 Å². The minimum Gasteiger partial charge on any atom is -0.393 e. The van der Waals surface area contributed by atoms with Crippen LogP contribution in [0.4, 0.5) is 0 Å². The van der Waals surface area contributed by atoms with Gasteiger partial charge in [-0.2, -0.15) is 5.10 Å². The molecule has 1 saturated carbocycles. The highest BCUT2D eigenvalue weighted by molar-refractivity contribution is 6.31. The second-order valence-electron chi connectivity index (χ2n) is 5.33. The maximum absolute atomic E-state index is 10.2. The molecule has 4 heteroatoms. The van der Waals surface area contributed by atoms with Crippen LogP contribution < -0.4 is 0 Å². The van der Waals surface area contributed by atoms with Crippen LogP contribution in [-0.4, -0.2) is 21.0 Å². The first-order valence-electron chi connectivity index (χ1n) is 7.03. The fraction of sp³-hybridized carbons (Fsp3) is 0.786. The molecule has 2 unspecified atom stereocenters. The molecule has 1 aromatic rings. The number of hydrogen-bond acceptors (Lipinski definition) is 2. The normalized spacial score (nSPS) is 25.1. The molecule has 18 heavy (non-hydrogen) atoms. The van der Waals surface area contributed by atoms with Crippen molar-refractivity contribution < 1.29 is 5.11 Å². The molecule has 0 bridgehead atoms. The van der Waals surface area contributed by atoms with Crippen LogP contribution in [0.15, 0.2) is 0 Å². The molecule has 0 saturated heterocycles. The second-order valence-corrected chi connectivity index (χ2v) is 5.71. The van der Waals surface area contributed by atoms with Crippen molar-refractivity contribution in [2.45, 2.75) is 65.0 Å². The summed E-state index contributed by atoms with van der Waals surface area (Å²) in [6.45, 7) is 4.86. The fourth-order valence-corrected chi connectivity index (χ4v) is 3.13. The van der Waals surface area contributed by atoms with E-state index in [1.165, 1.54) is 12.8 Å². The summed E-state index contributed by atoms with van der Waals surface area (Å²) in [5.74, 6) is 0.339. The van der Waals surface area contributed by atoms with Crippen molar-refractivity contribution in [2.24, 2.45) is 5.92 Å². The maximum Gasteiger partial charge on any atom is 0.0847 e. The third kappa shape index (κ3) is 2.89. The van der Waals surface area contributed by atoms with Crippen LogP contribution in [0, 0.1) is 12.8 Å². The molecule has 1 aromatic heterocycles. The van der Waals surface area contributed by atoms with E-state index in [1.807, 2.05) is 11.6 Å².